The van der Waals surface area contributed by atoms with Gasteiger partial charge in [-0.1, -0.05) is 13.8 Å². The summed E-state index contributed by atoms with van der Waals surface area (Å²) in [6, 6.07) is 2.12. The third-order valence-corrected chi connectivity index (χ3v) is 6.27. The highest BCUT2D eigenvalue weighted by atomic mass is 16.6. The van der Waals surface area contributed by atoms with Gasteiger partial charge in [-0.2, -0.15) is 10.4 Å². The van der Waals surface area contributed by atoms with Crippen molar-refractivity contribution >= 4 is 17.6 Å². The smallest absolute Gasteiger partial charge is 0.313 e. The molecule has 25 heavy (non-hydrogen) atoms. The van der Waals surface area contributed by atoms with Crippen molar-refractivity contribution in [3.63, 3.8) is 0 Å². The molecule has 2 aliphatic rings. The largest absolute Gasteiger partial charge is 0.448 e. The van der Waals surface area contributed by atoms with Crippen LogP contribution in [0.3, 0.4) is 0 Å². The molecule has 1 amide bonds. The van der Waals surface area contributed by atoms with E-state index in [0.717, 1.165) is 12.8 Å². The van der Waals surface area contributed by atoms with Gasteiger partial charge in [0, 0.05) is 24.6 Å². The Morgan fingerprint density at radius 1 is 1.40 bits per heavy atom. The first kappa shape index (κ1) is 17.5. The Morgan fingerprint density at radius 3 is 2.76 bits per heavy atom. The lowest BCUT2D eigenvalue weighted by atomic mass is 9.66. The van der Waals surface area contributed by atoms with Gasteiger partial charge in [0.1, 0.15) is 0 Å². The maximum atomic E-state index is 12.9. The molecule has 0 aromatic carbocycles. The lowest BCUT2D eigenvalue weighted by Gasteiger charge is -2.35. The highest BCUT2D eigenvalue weighted by molar-refractivity contribution is 6.03. The summed E-state index contributed by atoms with van der Waals surface area (Å²) in [6.07, 6.45) is 6.77. The number of unbranched alkanes of at least 4 members (excludes halogenated alkanes) is 2. The maximum Gasteiger partial charge on any atom is 0.313 e. The molecule has 1 aliphatic carbocycles. The first-order chi connectivity index (χ1) is 11.8. The average Bonchev–Trinajstić information content (AvgIpc) is 3.12. The molecule has 2 bridgehead atoms. The molecule has 1 saturated carbocycles. The first-order valence-electron chi connectivity index (χ1n) is 8.71. The second-order valence-corrected chi connectivity index (χ2v) is 7.74. The molecular weight excluding hydrogens is 320 g/mol. The molecule has 1 aromatic heterocycles. The third kappa shape index (κ3) is 2.43. The molecule has 0 radical (unpaired) electrons. The number of amides is 1. The third-order valence-electron chi connectivity index (χ3n) is 6.27. The van der Waals surface area contributed by atoms with Crippen LogP contribution in [0.25, 0.3) is 0 Å². The minimum absolute atomic E-state index is 0.281. The van der Waals surface area contributed by atoms with E-state index in [0.29, 0.717) is 31.5 Å². The fourth-order valence-corrected chi connectivity index (χ4v) is 4.01. The predicted molar refractivity (Wildman–Crippen MR) is 90.3 cm³/mol. The van der Waals surface area contributed by atoms with E-state index in [1.54, 1.807) is 17.1 Å². The molecule has 1 saturated heterocycles. The van der Waals surface area contributed by atoms with E-state index >= 15 is 0 Å². The van der Waals surface area contributed by atoms with Gasteiger partial charge in [0.2, 0.25) is 0 Å². The van der Waals surface area contributed by atoms with E-state index in [4.69, 9.17) is 10.00 Å². The maximum absolute atomic E-state index is 12.9. The van der Waals surface area contributed by atoms with Gasteiger partial charge < -0.3 is 10.1 Å². The highest BCUT2D eigenvalue weighted by Crippen LogP contribution is 2.65. The summed E-state index contributed by atoms with van der Waals surface area (Å²) in [4.78, 5) is 25.2. The van der Waals surface area contributed by atoms with E-state index in [1.807, 2.05) is 20.8 Å². The van der Waals surface area contributed by atoms with Crippen LogP contribution in [0.1, 0.15) is 52.9 Å². The van der Waals surface area contributed by atoms with E-state index in [1.165, 1.54) is 0 Å². The summed E-state index contributed by atoms with van der Waals surface area (Å²) in [6.45, 7) is 6.45. The van der Waals surface area contributed by atoms with Crippen LogP contribution in [0.15, 0.2) is 12.4 Å². The van der Waals surface area contributed by atoms with Crippen molar-refractivity contribution in [1.29, 1.82) is 5.26 Å². The van der Waals surface area contributed by atoms with E-state index in [-0.39, 0.29) is 11.9 Å². The van der Waals surface area contributed by atoms with Gasteiger partial charge in [0.05, 0.1) is 23.4 Å². The summed E-state index contributed by atoms with van der Waals surface area (Å²) in [7, 11) is 0. The molecule has 1 aliphatic heterocycles. The number of hydrogen-bond acceptors (Lipinski definition) is 5. The fourth-order valence-electron chi connectivity index (χ4n) is 4.01. The van der Waals surface area contributed by atoms with Gasteiger partial charge in [-0.15, -0.1) is 0 Å². The van der Waals surface area contributed by atoms with Crippen LogP contribution in [0, 0.1) is 22.2 Å². The second kappa shape index (κ2) is 5.87. The Morgan fingerprint density at radius 2 is 2.16 bits per heavy atom. The van der Waals surface area contributed by atoms with Gasteiger partial charge in [-0.25, -0.2) is 0 Å². The number of ether oxygens (including phenoxy) is 1. The minimum Gasteiger partial charge on any atom is -0.448 e. The van der Waals surface area contributed by atoms with Crippen LogP contribution in [0.4, 0.5) is 5.69 Å². The van der Waals surface area contributed by atoms with Crippen molar-refractivity contribution in [2.45, 2.75) is 65.0 Å². The number of nitrogens with one attached hydrogen (secondary N) is 1. The van der Waals surface area contributed by atoms with Crippen LogP contribution >= 0.6 is 0 Å². The van der Waals surface area contributed by atoms with Crippen molar-refractivity contribution in [3.8, 4) is 6.07 Å². The number of carbonyl (C=O) groups excluding carboxylic acids is 2. The molecule has 7 nitrogen and oxygen atoms in total. The molecule has 2 atom stereocenters. The molecule has 2 unspecified atom stereocenters. The van der Waals surface area contributed by atoms with E-state index in [2.05, 4.69) is 16.5 Å². The monoisotopic (exact) mass is 344 g/mol. The molecule has 3 rings (SSSR count). The summed E-state index contributed by atoms with van der Waals surface area (Å²) in [5.74, 6) is -0.566. The first-order valence-corrected chi connectivity index (χ1v) is 8.71. The Labute approximate surface area is 147 Å². The zero-order chi connectivity index (χ0) is 18.3. The van der Waals surface area contributed by atoms with Crippen LogP contribution in [-0.2, 0) is 20.9 Å². The van der Waals surface area contributed by atoms with Crippen LogP contribution in [-0.4, -0.2) is 27.3 Å². The Hall–Kier alpha value is -2.36. The van der Waals surface area contributed by atoms with Crippen molar-refractivity contribution in [3.05, 3.63) is 12.4 Å². The Balaban J connectivity index is 1.68. The SMILES string of the molecule is CC12CCC(C(=O)Nc3cnn(CCCCC#N)c3)(OC1=O)C2(C)C. The molecular formula is C18H24N4O3. The molecule has 0 spiro atoms. The van der Waals surface area contributed by atoms with Crippen molar-refractivity contribution in [2.75, 3.05) is 5.32 Å². The average molecular weight is 344 g/mol. The molecule has 2 fully saturated rings. The predicted octanol–water partition coefficient (Wildman–Crippen LogP) is 2.64. The number of hydrogen-bond donors (Lipinski definition) is 1. The van der Waals surface area contributed by atoms with E-state index < -0.39 is 16.4 Å². The van der Waals surface area contributed by atoms with Gasteiger partial charge in [0.15, 0.2) is 5.60 Å². The summed E-state index contributed by atoms with van der Waals surface area (Å²) < 4.78 is 7.34. The molecule has 1 aromatic rings. The molecule has 134 valence electrons. The number of nitrogens with zero attached hydrogens (tertiary/aromatic N) is 3. The van der Waals surface area contributed by atoms with Gasteiger partial charge in [-0.05, 0) is 32.6 Å². The van der Waals surface area contributed by atoms with Crippen molar-refractivity contribution in [1.82, 2.24) is 9.78 Å². The Bertz CT molecular complexity index is 748. The second-order valence-electron chi connectivity index (χ2n) is 7.74. The van der Waals surface area contributed by atoms with Crippen LogP contribution in [0.5, 0.6) is 0 Å². The number of anilines is 1. The number of fused-ring (bicyclic) bond motifs is 2. The molecule has 1 N–H and O–H groups in total. The number of esters is 1. The topological polar surface area (TPSA) is 97.0 Å². The summed E-state index contributed by atoms with van der Waals surface area (Å²) >= 11 is 0. The normalized spacial score (nSPS) is 29.3. The van der Waals surface area contributed by atoms with Crippen LogP contribution < -0.4 is 5.32 Å². The standard InChI is InChI=1S/C18H24N4O3/c1-16(2)17(3)7-8-18(16,25-15(17)24)14(23)21-13-11-20-22(12-13)10-6-4-5-9-19/h11-12H,4-8,10H2,1-3H3,(H,21,23). The number of nitriles is 1. The quantitative estimate of drug-likeness (QED) is 0.632. The minimum atomic E-state index is -1.12. The highest BCUT2D eigenvalue weighted by Gasteiger charge is 2.75. The number of rotatable bonds is 6. The lowest BCUT2D eigenvalue weighted by molar-refractivity contribution is -0.165. The summed E-state index contributed by atoms with van der Waals surface area (Å²) in [5.41, 5.74) is -1.70. The zero-order valence-corrected chi connectivity index (χ0v) is 15.0. The van der Waals surface area contributed by atoms with Gasteiger partial charge in [0.25, 0.3) is 5.91 Å². The van der Waals surface area contributed by atoms with Gasteiger partial charge in [-0.3, -0.25) is 14.3 Å². The summed E-state index contributed by atoms with van der Waals surface area (Å²) in [5, 5.41) is 15.6. The van der Waals surface area contributed by atoms with Crippen LogP contribution in [0.2, 0.25) is 0 Å². The Kier molecular flexibility index (Phi) is 4.10. The zero-order valence-electron chi connectivity index (χ0n) is 15.0. The van der Waals surface area contributed by atoms with Crippen molar-refractivity contribution < 1.29 is 14.3 Å². The van der Waals surface area contributed by atoms with E-state index in [9.17, 15) is 9.59 Å². The molecule has 2 heterocycles. The number of aromatic nitrogens is 2. The number of aryl methyl sites for hydroxylation is 1. The van der Waals surface area contributed by atoms with Crippen molar-refractivity contribution in [2.24, 2.45) is 10.8 Å². The fraction of sp³-hybridized carbons (Fsp3) is 0.667. The number of carbonyl (C=O) groups is 2. The lowest BCUT2D eigenvalue weighted by Crippen LogP contribution is -2.50. The molecule has 7 heteroatoms. The van der Waals surface area contributed by atoms with Gasteiger partial charge >= 0.3 is 5.97 Å².